The molecule has 25 heavy (non-hydrogen) atoms. The number of aromatic hydroxyl groups is 1. The number of phenols is 1. The second-order valence-electron chi connectivity index (χ2n) is 5.58. The van der Waals surface area contributed by atoms with E-state index < -0.39 is 17.7 Å². The van der Waals surface area contributed by atoms with Gasteiger partial charge in [-0.2, -0.15) is 0 Å². The molecule has 0 heterocycles. The summed E-state index contributed by atoms with van der Waals surface area (Å²) in [6, 6.07) is 6.90. The van der Waals surface area contributed by atoms with Crippen LogP contribution in [-0.4, -0.2) is 23.9 Å². The lowest BCUT2D eigenvalue weighted by Gasteiger charge is -2.15. The van der Waals surface area contributed by atoms with Crippen LogP contribution in [0.2, 0.25) is 0 Å². The van der Waals surface area contributed by atoms with Gasteiger partial charge < -0.3 is 20.3 Å². The number of hydrogen-bond donors (Lipinski definition) is 3. The molecule has 4 nitrogen and oxygen atoms in total. The van der Waals surface area contributed by atoms with E-state index in [0.717, 1.165) is 17.7 Å². The molecular formula is C19H21F2NO3. The lowest BCUT2D eigenvalue weighted by Crippen LogP contribution is -2.22. The molecule has 3 N–H and O–H groups in total. The standard InChI is InChI=1S/C19H21F2NO3/c1-3-5-13-8-12(9-17(25-2)19(13)24)10-22-11-16(23)18-14(20)6-4-7-15(18)21/h3-4,6-9,16,22-24H,1,5,10-11H2,2H3. The molecular weight excluding hydrogens is 328 g/mol. The van der Waals surface area contributed by atoms with Gasteiger partial charge in [-0.3, -0.25) is 0 Å². The second-order valence-corrected chi connectivity index (χ2v) is 5.58. The highest BCUT2D eigenvalue weighted by atomic mass is 19.1. The molecule has 1 unspecified atom stereocenters. The fourth-order valence-corrected chi connectivity index (χ4v) is 2.58. The quantitative estimate of drug-likeness (QED) is 0.641. The highest BCUT2D eigenvalue weighted by Crippen LogP contribution is 2.32. The third kappa shape index (κ3) is 4.55. The molecule has 0 radical (unpaired) electrons. The summed E-state index contributed by atoms with van der Waals surface area (Å²) in [4.78, 5) is 0. The van der Waals surface area contributed by atoms with Crippen LogP contribution in [0.1, 0.15) is 22.8 Å². The molecule has 2 aromatic rings. The van der Waals surface area contributed by atoms with Crippen molar-refractivity contribution < 1.29 is 23.7 Å². The van der Waals surface area contributed by atoms with E-state index in [-0.39, 0.29) is 17.9 Å². The smallest absolute Gasteiger partial charge is 0.161 e. The molecule has 0 saturated heterocycles. The fourth-order valence-electron chi connectivity index (χ4n) is 2.58. The maximum absolute atomic E-state index is 13.7. The van der Waals surface area contributed by atoms with Gasteiger partial charge in [-0.05, 0) is 30.2 Å². The Bertz CT molecular complexity index is 729. The molecule has 0 fully saturated rings. The summed E-state index contributed by atoms with van der Waals surface area (Å²) in [5.74, 6) is -1.18. The number of nitrogens with one attached hydrogen (secondary N) is 1. The summed E-state index contributed by atoms with van der Waals surface area (Å²) in [6.45, 7) is 3.94. The SMILES string of the molecule is C=CCc1cc(CNCC(O)c2c(F)cccc2F)cc(OC)c1O. The van der Waals surface area contributed by atoms with Crippen molar-refractivity contribution in [3.05, 3.63) is 71.3 Å². The van der Waals surface area contributed by atoms with Gasteiger partial charge in [0.25, 0.3) is 0 Å². The number of ether oxygens (including phenoxy) is 1. The Morgan fingerprint density at radius 1 is 1.28 bits per heavy atom. The van der Waals surface area contributed by atoms with Gasteiger partial charge in [-0.25, -0.2) is 8.78 Å². The molecule has 2 aromatic carbocycles. The summed E-state index contributed by atoms with van der Waals surface area (Å²) < 4.78 is 32.4. The van der Waals surface area contributed by atoms with E-state index in [4.69, 9.17) is 4.74 Å². The van der Waals surface area contributed by atoms with Crippen LogP contribution in [0.25, 0.3) is 0 Å². The first kappa shape index (κ1) is 18.9. The molecule has 0 amide bonds. The van der Waals surface area contributed by atoms with Crippen molar-refractivity contribution in [2.75, 3.05) is 13.7 Å². The number of rotatable bonds is 8. The maximum Gasteiger partial charge on any atom is 0.161 e. The van der Waals surface area contributed by atoms with Crippen LogP contribution >= 0.6 is 0 Å². The Kier molecular flexibility index (Phi) is 6.50. The number of phenolic OH excluding ortho intramolecular Hbond substituents is 1. The number of halogens is 2. The molecule has 0 aliphatic carbocycles. The Labute approximate surface area is 145 Å². The van der Waals surface area contributed by atoms with Gasteiger partial charge in [0.05, 0.1) is 18.8 Å². The van der Waals surface area contributed by atoms with E-state index in [2.05, 4.69) is 11.9 Å². The van der Waals surface area contributed by atoms with Crippen molar-refractivity contribution in [2.45, 2.75) is 19.1 Å². The van der Waals surface area contributed by atoms with Crippen molar-refractivity contribution in [3.8, 4) is 11.5 Å². The van der Waals surface area contributed by atoms with E-state index in [1.165, 1.54) is 13.2 Å². The summed E-state index contributed by atoms with van der Waals surface area (Å²) in [5, 5.41) is 23.0. The Morgan fingerprint density at radius 2 is 1.96 bits per heavy atom. The zero-order valence-electron chi connectivity index (χ0n) is 13.9. The molecule has 134 valence electrons. The number of benzene rings is 2. The van der Waals surface area contributed by atoms with Gasteiger partial charge >= 0.3 is 0 Å². The van der Waals surface area contributed by atoms with Gasteiger partial charge in [-0.1, -0.05) is 18.2 Å². The zero-order valence-corrected chi connectivity index (χ0v) is 13.9. The summed E-state index contributed by atoms with van der Waals surface area (Å²) in [7, 11) is 1.45. The van der Waals surface area contributed by atoms with Crippen LogP contribution in [0.15, 0.2) is 43.0 Å². The third-order valence-electron chi connectivity index (χ3n) is 3.80. The second kappa shape index (κ2) is 8.60. The predicted octanol–water partition coefficient (Wildman–Crippen LogP) is 3.23. The molecule has 0 bridgehead atoms. The monoisotopic (exact) mass is 349 g/mol. The molecule has 0 aromatic heterocycles. The van der Waals surface area contributed by atoms with E-state index in [9.17, 15) is 19.0 Å². The van der Waals surface area contributed by atoms with Crippen molar-refractivity contribution in [3.63, 3.8) is 0 Å². The van der Waals surface area contributed by atoms with Gasteiger partial charge in [-0.15, -0.1) is 6.58 Å². The Hall–Kier alpha value is -2.44. The average Bonchev–Trinajstić information content (AvgIpc) is 2.57. The minimum absolute atomic E-state index is 0.0299. The van der Waals surface area contributed by atoms with Crippen molar-refractivity contribution in [2.24, 2.45) is 0 Å². The van der Waals surface area contributed by atoms with E-state index >= 15 is 0 Å². The third-order valence-corrected chi connectivity index (χ3v) is 3.80. The van der Waals surface area contributed by atoms with Crippen molar-refractivity contribution >= 4 is 0 Å². The summed E-state index contributed by atoms with van der Waals surface area (Å²) in [5.41, 5.74) is 1.10. The zero-order chi connectivity index (χ0) is 18.4. The van der Waals surface area contributed by atoms with E-state index in [1.807, 2.05) is 0 Å². The maximum atomic E-state index is 13.7. The number of aliphatic hydroxyl groups is 1. The highest BCUT2D eigenvalue weighted by molar-refractivity contribution is 5.49. The van der Waals surface area contributed by atoms with Gasteiger partial charge in [0, 0.05) is 18.7 Å². The predicted molar refractivity (Wildman–Crippen MR) is 91.6 cm³/mol. The average molecular weight is 349 g/mol. The van der Waals surface area contributed by atoms with Gasteiger partial charge in [0.1, 0.15) is 11.6 Å². The lowest BCUT2D eigenvalue weighted by atomic mass is 10.0. The van der Waals surface area contributed by atoms with Crippen LogP contribution in [0.5, 0.6) is 11.5 Å². The fraction of sp³-hybridized carbons (Fsp3) is 0.263. The molecule has 2 rings (SSSR count). The Balaban J connectivity index is 2.06. The largest absolute Gasteiger partial charge is 0.504 e. The van der Waals surface area contributed by atoms with Crippen LogP contribution in [0.4, 0.5) is 8.78 Å². The first-order valence-corrected chi connectivity index (χ1v) is 7.80. The van der Waals surface area contributed by atoms with Crippen molar-refractivity contribution in [1.82, 2.24) is 5.32 Å². The summed E-state index contributed by atoms with van der Waals surface area (Å²) in [6.07, 6.45) is 0.822. The molecule has 1 atom stereocenters. The first-order valence-electron chi connectivity index (χ1n) is 7.80. The van der Waals surface area contributed by atoms with Crippen molar-refractivity contribution in [1.29, 1.82) is 0 Å². The van der Waals surface area contributed by atoms with Crippen LogP contribution < -0.4 is 10.1 Å². The van der Waals surface area contributed by atoms with Crippen LogP contribution in [0, 0.1) is 11.6 Å². The van der Waals surface area contributed by atoms with Crippen LogP contribution in [-0.2, 0) is 13.0 Å². The number of hydrogen-bond acceptors (Lipinski definition) is 4. The molecule has 0 spiro atoms. The normalized spacial score (nSPS) is 12.0. The van der Waals surface area contributed by atoms with Gasteiger partial charge in [0.15, 0.2) is 11.5 Å². The number of methoxy groups -OCH3 is 1. The Morgan fingerprint density at radius 3 is 2.56 bits per heavy atom. The highest BCUT2D eigenvalue weighted by Gasteiger charge is 2.17. The van der Waals surface area contributed by atoms with Crippen LogP contribution in [0.3, 0.4) is 0 Å². The molecule has 0 aliphatic heterocycles. The lowest BCUT2D eigenvalue weighted by molar-refractivity contribution is 0.164. The van der Waals surface area contributed by atoms with Gasteiger partial charge in [0.2, 0.25) is 0 Å². The minimum atomic E-state index is -1.31. The molecule has 0 aliphatic rings. The number of aliphatic hydroxyl groups excluding tert-OH is 1. The topological polar surface area (TPSA) is 61.7 Å². The molecule has 6 heteroatoms. The summed E-state index contributed by atoms with van der Waals surface area (Å²) >= 11 is 0. The minimum Gasteiger partial charge on any atom is -0.504 e. The number of allylic oxidation sites excluding steroid dienone is 1. The van der Waals surface area contributed by atoms with E-state index in [1.54, 1.807) is 18.2 Å². The van der Waals surface area contributed by atoms with E-state index in [0.29, 0.717) is 24.3 Å². The molecule has 0 saturated carbocycles. The first-order chi connectivity index (χ1) is 12.0.